The number of hydrogen-bond acceptors (Lipinski definition) is 5. The summed E-state index contributed by atoms with van der Waals surface area (Å²) in [5, 5.41) is 6.71. The molecule has 1 aliphatic rings. The molecule has 1 aromatic heterocycles. The van der Waals surface area contributed by atoms with Crippen LogP contribution in [0.3, 0.4) is 0 Å². The summed E-state index contributed by atoms with van der Waals surface area (Å²) in [5.74, 6) is 0.906. The number of piperazine rings is 1. The van der Waals surface area contributed by atoms with Crippen molar-refractivity contribution in [1.82, 2.24) is 15.2 Å². The van der Waals surface area contributed by atoms with Crippen LogP contribution in [0.25, 0.3) is 0 Å². The zero-order valence-electron chi connectivity index (χ0n) is 11.6. The molecule has 0 bridgehead atoms. The van der Waals surface area contributed by atoms with E-state index in [4.69, 9.17) is 4.74 Å². The highest BCUT2D eigenvalue weighted by molar-refractivity contribution is 7.09. The lowest BCUT2D eigenvalue weighted by molar-refractivity contribution is 0.153. The van der Waals surface area contributed by atoms with Crippen LogP contribution in [0.15, 0.2) is 35.8 Å². The van der Waals surface area contributed by atoms with Gasteiger partial charge >= 0.3 is 0 Å². The first-order valence-electron chi connectivity index (χ1n) is 6.84. The molecule has 1 aromatic carbocycles. The Morgan fingerprint density at radius 3 is 2.95 bits per heavy atom. The second kappa shape index (κ2) is 6.35. The number of nitrogens with zero attached hydrogens (tertiary/aromatic N) is 2. The number of methoxy groups -OCH3 is 1. The number of rotatable bonds is 4. The van der Waals surface area contributed by atoms with E-state index in [0.29, 0.717) is 6.04 Å². The average molecular weight is 289 g/mol. The fraction of sp³-hybridized carbons (Fsp3) is 0.400. The maximum atomic E-state index is 5.23. The summed E-state index contributed by atoms with van der Waals surface area (Å²) in [4.78, 5) is 6.90. The van der Waals surface area contributed by atoms with E-state index >= 15 is 0 Å². The van der Waals surface area contributed by atoms with Crippen molar-refractivity contribution in [2.75, 3.05) is 26.7 Å². The van der Waals surface area contributed by atoms with E-state index in [1.807, 2.05) is 23.7 Å². The van der Waals surface area contributed by atoms with Crippen molar-refractivity contribution in [1.29, 1.82) is 0 Å². The predicted molar refractivity (Wildman–Crippen MR) is 81.1 cm³/mol. The molecule has 4 nitrogen and oxygen atoms in total. The van der Waals surface area contributed by atoms with Gasteiger partial charge < -0.3 is 10.1 Å². The largest absolute Gasteiger partial charge is 0.497 e. The molecule has 1 saturated heterocycles. The Bertz CT molecular complexity index is 527. The minimum absolute atomic E-state index is 0.401. The minimum Gasteiger partial charge on any atom is -0.497 e. The van der Waals surface area contributed by atoms with Crippen LogP contribution in [0.5, 0.6) is 5.75 Å². The van der Waals surface area contributed by atoms with Crippen LogP contribution in [0.4, 0.5) is 0 Å². The van der Waals surface area contributed by atoms with Crippen LogP contribution in [0, 0.1) is 0 Å². The number of thiazole rings is 1. The van der Waals surface area contributed by atoms with Crippen molar-refractivity contribution < 1.29 is 4.74 Å². The van der Waals surface area contributed by atoms with Crippen LogP contribution >= 0.6 is 11.3 Å². The van der Waals surface area contributed by atoms with E-state index in [0.717, 1.165) is 31.9 Å². The zero-order chi connectivity index (χ0) is 13.8. The number of ether oxygens (including phenoxy) is 1. The Labute approximate surface area is 123 Å². The zero-order valence-corrected chi connectivity index (χ0v) is 12.4. The van der Waals surface area contributed by atoms with E-state index in [2.05, 4.69) is 27.3 Å². The van der Waals surface area contributed by atoms with E-state index in [1.54, 1.807) is 18.4 Å². The Morgan fingerprint density at radius 2 is 2.25 bits per heavy atom. The lowest BCUT2D eigenvalue weighted by atomic mass is 10.0. The first kappa shape index (κ1) is 13.5. The molecule has 0 radical (unpaired) electrons. The van der Waals surface area contributed by atoms with Crippen LogP contribution in [-0.2, 0) is 6.54 Å². The molecule has 1 fully saturated rings. The molecule has 20 heavy (non-hydrogen) atoms. The van der Waals surface area contributed by atoms with Crippen LogP contribution < -0.4 is 10.1 Å². The van der Waals surface area contributed by atoms with Crippen molar-refractivity contribution in [3.05, 3.63) is 46.4 Å². The maximum absolute atomic E-state index is 5.23. The van der Waals surface area contributed by atoms with Gasteiger partial charge in [0.15, 0.2) is 0 Å². The summed E-state index contributed by atoms with van der Waals surface area (Å²) in [6.07, 6.45) is 1.88. The fourth-order valence-electron chi connectivity index (χ4n) is 2.60. The molecular formula is C15H19N3OS. The second-order valence-electron chi connectivity index (χ2n) is 4.89. The first-order chi connectivity index (χ1) is 9.86. The molecular weight excluding hydrogens is 270 g/mol. The summed E-state index contributed by atoms with van der Waals surface area (Å²) in [6, 6.07) is 8.78. The Hall–Kier alpha value is -1.43. The molecule has 1 aliphatic heterocycles. The van der Waals surface area contributed by atoms with Crippen molar-refractivity contribution in [3.8, 4) is 5.75 Å². The van der Waals surface area contributed by atoms with Gasteiger partial charge in [-0.05, 0) is 17.7 Å². The quantitative estimate of drug-likeness (QED) is 0.937. The van der Waals surface area contributed by atoms with Gasteiger partial charge in [-0.1, -0.05) is 12.1 Å². The standard InChI is InChI=1S/C15H19N3OS/c1-19-13-4-2-12(3-5-13)14-10-16-6-8-18(14)11-15-17-7-9-20-15/h2-5,7,9,14,16H,6,8,10-11H2,1H3. The van der Waals surface area contributed by atoms with Crippen molar-refractivity contribution in [3.63, 3.8) is 0 Å². The summed E-state index contributed by atoms with van der Waals surface area (Å²) >= 11 is 1.73. The Morgan fingerprint density at radius 1 is 1.40 bits per heavy atom. The van der Waals surface area contributed by atoms with Gasteiger partial charge in [-0.3, -0.25) is 4.90 Å². The maximum Gasteiger partial charge on any atom is 0.118 e. The number of benzene rings is 1. The van der Waals surface area contributed by atoms with Gasteiger partial charge in [-0.25, -0.2) is 4.98 Å². The SMILES string of the molecule is COc1ccc(C2CNCCN2Cc2nccs2)cc1. The van der Waals surface area contributed by atoms with Gasteiger partial charge in [0.05, 0.1) is 13.7 Å². The molecule has 0 saturated carbocycles. The average Bonchev–Trinajstić information content (AvgIpc) is 3.01. The highest BCUT2D eigenvalue weighted by Gasteiger charge is 2.24. The molecule has 2 aromatic rings. The van der Waals surface area contributed by atoms with Gasteiger partial charge in [-0.15, -0.1) is 11.3 Å². The van der Waals surface area contributed by atoms with Gasteiger partial charge in [0, 0.05) is 37.3 Å². The molecule has 1 N–H and O–H groups in total. The number of hydrogen-bond donors (Lipinski definition) is 1. The molecule has 0 amide bonds. The normalized spacial score (nSPS) is 19.9. The van der Waals surface area contributed by atoms with Crippen molar-refractivity contribution in [2.45, 2.75) is 12.6 Å². The predicted octanol–water partition coefficient (Wildman–Crippen LogP) is 2.30. The Balaban J connectivity index is 1.77. The van der Waals surface area contributed by atoms with Crippen LogP contribution in [0.1, 0.15) is 16.6 Å². The highest BCUT2D eigenvalue weighted by Crippen LogP contribution is 2.26. The van der Waals surface area contributed by atoms with Crippen LogP contribution in [0.2, 0.25) is 0 Å². The van der Waals surface area contributed by atoms with Gasteiger partial charge in [0.25, 0.3) is 0 Å². The minimum atomic E-state index is 0.401. The molecule has 5 heteroatoms. The molecule has 0 aliphatic carbocycles. The molecule has 0 spiro atoms. The fourth-order valence-corrected chi connectivity index (χ4v) is 3.24. The highest BCUT2D eigenvalue weighted by atomic mass is 32.1. The smallest absolute Gasteiger partial charge is 0.118 e. The third-order valence-electron chi connectivity index (χ3n) is 3.68. The van der Waals surface area contributed by atoms with E-state index in [9.17, 15) is 0 Å². The summed E-state index contributed by atoms with van der Waals surface area (Å²) in [7, 11) is 1.70. The summed E-state index contributed by atoms with van der Waals surface area (Å²) in [5.41, 5.74) is 1.33. The van der Waals surface area contributed by atoms with Crippen molar-refractivity contribution in [2.24, 2.45) is 0 Å². The number of aromatic nitrogens is 1. The molecule has 1 unspecified atom stereocenters. The van der Waals surface area contributed by atoms with E-state index in [-0.39, 0.29) is 0 Å². The van der Waals surface area contributed by atoms with Crippen molar-refractivity contribution >= 4 is 11.3 Å². The lowest BCUT2D eigenvalue weighted by Crippen LogP contribution is -2.45. The molecule has 2 heterocycles. The second-order valence-corrected chi connectivity index (χ2v) is 5.87. The summed E-state index contributed by atoms with van der Waals surface area (Å²) < 4.78 is 5.23. The molecule has 1 atom stereocenters. The topological polar surface area (TPSA) is 37.4 Å². The third-order valence-corrected chi connectivity index (χ3v) is 4.44. The third kappa shape index (κ3) is 3.00. The van der Waals surface area contributed by atoms with E-state index < -0.39 is 0 Å². The Kier molecular flexibility index (Phi) is 4.30. The van der Waals surface area contributed by atoms with Gasteiger partial charge in [0.1, 0.15) is 10.8 Å². The van der Waals surface area contributed by atoms with Crippen LogP contribution in [-0.4, -0.2) is 36.6 Å². The van der Waals surface area contributed by atoms with E-state index in [1.165, 1.54) is 10.6 Å². The van der Waals surface area contributed by atoms with Gasteiger partial charge in [0.2, 0.25) is 0 Å². The molecule has 3 rings (SSSR count). The lowest BCUT2D eigenvalue weighted by Gasteiger charge is -2.36. The summed E-state index contributed by atoms with van der Waals surface area (Å²) in [6.45, 7) is 4.00. The molecule has 106 valence electrons. The monoisotopic (exact) mass is 289 g/mol. The van der Waals surface area contributed by atoms with Gasteiger partial charge in [-0.2, -0.15) is 0 Å². The number of nitrogens with one attached hydrogen (secondary N) is 1. The first-order valence-corrected chi connectivity index (χ1v) is 7.72.